The van der Waals surface area contributed by atoms with Gasteiger partial charge in [0.1, 0.15) is 11.0 Å². The van der Waals surface area contributed by atoms with E-state index in [0.29, 0.717) is 21.6 Å². The second-order valence-electron chi connectivity index (χ2n) is 5.01. The van der Waals surface area contributed by atoms with Gasteiger partial charge in [-0.3, -0.25) is 0 Å². The molecule has 10 heteroatoms. The minimum absolute atomic E-state index is 0.0840. The highest BCUT2D eigenvalue weighted by Crippen LogP contribution is 2.35. The first-order chi connectivity index (χ1) is 11.4. The van der Waals surface area contributed by atoms with Crippen LogP contribution in [-0.4, -0.2) is 39.5 Å². The standard InChI is InChI=1S/C14H13N5O3S2/c1-24(21,22)12-7-3-6-11(13(12)14-16-18-19-17-14)9-4-2-5-10(8-9)23(15)20/h2-8H,15H2,1H3,(H,16,17,18,19). The fourth-order valence-electron chi connectivity index (χ4n) is 2.37. The summed E-state index contributed by atoms with van der Waals surface area (Å²) in [6.45, 7) is 0. The highest BCUT2D eigenvalue weighted by molar-refractivity contribution is 7.90. The molecule has 1 atom stereocenters. The first kappa shape index (κ1) is 16.4. The van der Waals surface area contributed by atoms with Gasteiger partial charge >= 0.3 is 0 Å². The fourth-order valence-corrected chi connectivity index (χ4v) is 3.72. The molecule has 3 rings (SSSR count). The molecular weight excluding hydrogens is 350 g/mol. The number of hydrogen-bond acceptors (Lipinski definition) is 6. The van der Waals surface area contributed by atoms with E-state index in [1.165, 1.54) is 6.07 Å². The quantitative estimate of drug-likeness (QED) is 0.708. The number of H-pyrrole nitrogens is 1. The van der Waals surface area contributed by atoms with Crippen molar-refractivity contribution < 1.29 is 12.6 Å². The van der Waals surface area contributed by atoms with E-state index in [-0.39, 0.29) is 10.7 Å². The third-order valence-electron chi connectivity index (χ3n) is 3.37. The van der Waals surface area contributed by atoms with Crippen LogP contribution in [0.25, 0.3) is 22.5 Å². The van der Waals surface area contributed by atoms with Gasteiger partial charge in [0, 0.05) is 11.8 Å². The van der Waals surface area contributed by atoms with Crippen LogP contribution in [0.1, 0.15) is 0 Å². The molecule has 0 radical (unpaired) electrons. The topological polar surface area (TPSA) is 132 Å². The number of nitrogens with two attached hydrogens (primary N) is 1. The number of tetrazole rings is 1. The Morgan fingerprint density at radius 3 is 2.54 bits per heavy atom. The normalized spacial score (nSPS) is 12.9. The zero-order valence-electron chi connectivity index (χ0n) is 12.5. The molecule has 3 aromatic rings. The van der Waals surface area contributed by atoms with E-state index in [1.807, 2.05) is 0 Å². The Morgan fingerprint density at radius 1 is 1.17 bits per heavy atom. The molecule has 2 aromatic carbocycles. The van der Waals surface area contributed by atoms with Crippen LogP contribution >= 0.6 is 0 Å². The molecule has 1 aromatic heterocycles. The van der Waals surface area contributed by atoms with Crippen molar-refractivity contribution in [2.75, 3.05) is 6.26 Å². The van der Waals surface area contributed by atoms with Gasteiger partial charge in [-0.2, -0.15) is 5.21 Å². The Balaban J connectivity index is 2.33. The largest absolute Gasteiger partial charge is 0.248 e. The molecular formula is C14H13N5O3S2. The maximum atomic E-state index is 12.2. The molecule has 8 nitrogen and oxygen atoms in total. The van der Waals surface area contributed by atoms with Gasteiger partial charge in [0.05, 0.1) is 9.79 Å². The SMILES string of the molecule is CS(=O)(=O)c1cccc(-c2cccc(S(N)=O)c2)c1-c1nn[nH]n1. The highest BCUT2D eigenvalue weighted by atomic mass is 32.2. The molecule has 0 saturated heterocycles. The third kappa shape index (κ3) is 3.11. The van der Waals surface area contributed by atoms with Gasteiger partial charge in [-0.05, 0) is 34.5 Å². The highest BCUT2D eigenvalue weighted by Gasteiger charge is 2.22. The van der Waals surface area contributed by atoms with Gasteiger partial charge < -0.3 is 0 Å². The van der Waals surface area contributed by atoms with Crippen LogP contribution in [-0.2, 0) is 20.8 Å². The number of benzene rings is 2. The number of sulfone groups is 1. The summed E-state index contributed by atoms with van der Waals surface area (Å²) in [4.78, 5) is 0.511. The number of aromatic nitrogens is 4. The molecule has 0 spiro atoms. The van der Waals surface area contributed by atoms with E-state index in [0.717, 1.165) is 6.26 Å². The summed E-state index contributed by atoms with van der Waals surface area (Å²) in [6, 6.07) is 11.6. The van der Waals surface area contributed by atoms with Crippen molar-refractivity contribution in [1.82, 2.24) is 20.6 Å². The zero-order valence-corrected chi connectivity index (χ0v) is 14.1. The van der Waals surface area contributed by atoms with E-state index < -0.39 is 20.8 Å². The number of aromatic amines is 1. The summed E-state index contributed by atoms with van der Waals surface area (Å²) in [5, 5.41) is 19.1. The summed E-state index contributed by atoms with van der Waals surface area (Å²) < 4.78 is 35.8. The van der Waals surface area contributed by atoms with Crippen LogP contribution in [0.4, 0.5) is 0 Å². The molecule has 0 aliphatic carbocycles. The van der Waals surface area contributed by atoms with Gasteiger partial charge in [-0.15, -0.1) is 10.2 Å². The molecule has 0 aliphatic rings. The summed E-state index contributed by atoms with van der Waals surface area (Å²) in [5.41, 5.74) is 1.55. The van der Waals surface area contributed by atoms with E-state index in [2.05, 4.69) is 20.6 Å². The molecule has 24 heavy (non-hydrogen) atoms. The van der Waals surface area contributed by atoms with Crippen LogP contribution in [0.15, 0.2) is 52.3 Å². The van der Waals surface area contributed by atoms with Crippen molar-refractivity contribution in [3.8, 4) is 22.5 Å². The molecule has 1 unspecified atom stereocenters. The number of nitrogens with zero attached hydrogens (tertiary/aromatic N) is 3. The number of nitrogens with one attached hydrogen (secondary N) is 1. The first-order valence-electron chi connectivity index (χ1n) is 6.71. The predicted molar refractivity (Wildman–Crippen MR) is 88.8 cm³/mol. The molecule has 1 heterocycles. The monoisotopic (exact) mass is 363 g/mol. The Hall–Kier alpha value is -2.43. The van der Waals surface area contributed by atoms with Gasteiger partial charge in [0.15, 0.2) is 9.84 Å². The van der Waals surface area contributed by atoms with Gasteiger partial charge in [-0.1, -0.05) is 24.3 Å². The van der Waals surface area contributed by atoms with Crippen LogP contribution < -0.4 is 5.14 Å². The fraction of sp³-hybridized carbons (Fsp3) is 0.0714. The van der Waals surface area contributed by atoms with E-state index in [4.69, 9.17) is 5.14 Å². The Kier molecular flexibility index (Phi) is 4.26. The number of hydrogen-bond donors (Lipinski definition) is 2. The molecule has 0 saturated carbocycles. The predicted octanol–water partition coefficient (Wildman–Crippen LogP) is 0.919. The lowest BCUT2D eigenvalue weighted by Crippen LogP contribution is -2.04. The molecule has 0 fully saturated rings. The lowest BCUT2D eigenvalue weighted by atomic mass is 9.99. The lowest BCUT2D eigenvalue weighted by Gasteiger charge is -2.12. The van der Waals surface area contributed by atoms with Crippen molar-refractivity contribution in [2.45, 2.75) is 9.79 Å². The summed E-state index contributed by atoms with van der Waals surface area (Å²) in [7, 11) is -5.17. The van der Waals surface area contributed by atoms with Crippen molar-refractivity contribution >= 4 is 20.8 Å². The summed E-state index contributed by atoms with van der Waals surface area (Å²) >= 11 is 0. The minimum atomic E-state index is -3.52. The minimum Gasteiger partial charge on any atom is -0.248 e. The Bertz CT molecular complexity index is 1020. The molecule has 124 valence electrons. The molecule has 0 aliphatic heterocycles. The van der Waals surface area contributed by atoms with Gasteiger partial charge in [0.25, 0.3) is 0 Å². The Morgan fingerprint density at radius 2 is 1.92 bits per heavy atom. The summed E-state index contributed by atoms with van der Waals surface area (Å²) in [6.07, 6.45) is 1.11. The average Bonchev–Trinajstić information content (AvgIpc) is 3.07. The first-order valence-corrected chi connectivity index (χ1v) is 9.82. The van der Waals surface area contributed by atoms with Crippen LogP contribution in [0, 0.1) is 0 Å². The molecule has 0 amide bonds. The third-order valence-corrected chi connectivity index (χ3v) is 5.23. The maximum absolute atomic E-state index is 12.2. The van der Waals surface area contributed by atoms with Gasteiger partial charge in [0.2, 0.25) is 5.82 Å². The van der Waals surface area contributed by atoms with Crippen molar-refractivity contribution in [2.24, 2.45) is 5.14 Å². The smallest absolute Gasteiger partial charge is 0.206 e. The Labute approximate surface area is 140 Å². The van der Waals surface area contributed by atoms with Crippen molar-refractivity contribution in [1.29, 1.82) is 0 Å². The molecule has 0 bridgehead atoms. The maximum Gasteiger partial charge on any atom is 0.206 e. The van der Waals surface area contributed by atoms with E-state index in [9.17, 15) is 12.6 Å². The van der Waals surface area contributed by atoms with Crippen molar-refractivity contribution in [3.05, 3.63) is 42.5 Å². The number of rotatable bonds is 4. The zero-order chi connectivity index (χ0) is 17.3. The van der Waals surface area contributed by atoms with Crippen LogP contribution in [0.5, 0.6) is 0 Å². The summed E-state index contributed by atoms with van der Waals surface area (Å²) in [5.74, 6) is 0.158. The van der Waals surface area contributed by atoms with Crippen LogP contribution in [0.3, 0.4) is 0 Å². The lowest BCUT2D eigenvalue weighted by molar-refractivity contribution is 0.602. The van der Waals surface area contributed by atoms with E-state index in [1.54, 1.807) is 36.4 Å². The van der Waals surface area contributed by atoms with Gasteiger partial charge in [-0.25, -0.2) is 17.8 Å². The van der Waals surface area contributed by atoms with Crippen LogP contribution in [0.2, 0.25) is 0 Å². The second kappa shape index (κ2) is 6.23. The van der Waals surface area contributed by atoms with Crippen molar-refractivity contribution in [3.63, 3.8) is 0 Å². The second-order valence-corrected chi connectivity index (χ2v) is 8.06. The average molecular weight is 363 g/mol. The van der Waals surface area contributed by atoms with E-state index >= 15 is 0 Å². The molecule has 3 N–H and O–H groups in total.